The Kier molecular flexibility index (Phi) is 8.70. The van der Waals surface area contributed by atoms with Crippen molar-refractivity contribution in [3.05, 3.63) is 149 Å². The third-order valence-electron chi connectivity index (χ3n) is 7.74. The monoisotopic (exact) mass is 600 g/mol. The predicted molar refractivity (Wildman–Crippen MR) is 180 cm³/mol. The van der Waals surface area contributed by atoms with Gasteiger partial charge in [0.1, 0.15) is 23.9 Å². The molecule has 44 heavy (non-hydrogen) atoms. The van der Waals surface area contributed by atoms with E-state index in [1.165, 1.54) is 11.1 Å². The minimum absolute atomic E-state index is 0.0870. The number of aryl methyl sites for hydroxylation is 1. The molecule has 3 heterocycles. The van der Waals surface area contributed by atoms with E-state index in [4.69, 9.17) is 17.3 Å². The second-order valence-corrected chi connectivity index (χ2v) is 11.1. The van der Waals surface area contributed by atoms with Gasteiger partial charge >= 0.3 is 7.55 Å². The number of benzene rings is 3. The molecule has 0 atom stereocenters. The summed E-state index contributed by atoms with van der Waals surface area (Å²) < 4.78 is 4.41. The fourth-order valence-electron chi connectivity index (χ4n) is 5.54. The number of aromatic nitrogens is 1. The summed E-state index contributed by atoms with van der Waals surface area (Å²) in [5, 5.41) is 6.28. The average molecular weight is 601 g/mol. The lowest BCUT2D eigenvalue weighted by atomic mass is 9.91. The van der Waals surface area contributed by atoms with Gasteiger partial charge in [0.05, 0.1) is 7.05 Å². The standard InChI is InChI=1S/C35H33BClN6O/c1-41(24-26-10-6-3-7-11-26)34-21-19-31-35(27-13-16-29(17-14-27)40-33(44)22-37)30-18-20-32(42(30)36-43(31)34)39-23-28(38)15-12-25-8-4-2-5-9-25/h2-11,13-14,16-21,23H,12,15,22,24,38H2,1H3,(H,39,40,44)/p+1. The summed E-state index contributed by atoms with van der Waals surface area (Å²) in [5.41, 5.74) is 14.6. The summed E-state index contributed by atoms with van der Waals surface area (Å²) in [6.45, 7) is 0.771. The van der Waals surface area contributed by atoms with Crippen LogP contribution in [0, 0.1) is 0 Å². The summed E-state index contributed by atoms with van der Waals surface area (Å²) in [6, 6.07) is 32.9. The van der Waals surface area contributed by atoms with E-state index in [0.29, 0.717) is 5.69 Å². The van der Waals surface area contributed by atoms with E-state index < -0.39 is 0 Å². The number of nitrogens with zero attached hydrogens (tertiary/aromatic N) is 3. The molecule has 2 aliphatic heterocycles. The van der Waals surface area contributed by atoms with Gasteiger partial charge in [0, 0.05) is 34.9 Å². The largest absolute Gasteiger partial charge is 0.553 e. The molecule has 1 amide bonds. The molecule has 2 aliphatic rings. The van der Waals surface area contributed by atoms with Gasteiger partial charge in [0.15, 0.2) is 0 Å². The van der Waals surface area contributed by atoms with Crippen molar-refractivity contribution >= 4 is 48.0 Å². The maximum Gasteiger partial charge on any atom is 0.553 e. The van der Waals surface area contributed by atoms with E-state index in [-0.39, 0.29) is 11.8 Å². The van der Waals surface area contributed by atoms with Gasteiger partial charge in [0.2, 0.25) is 5.91 Å². The van der Waals surface area contributed by atoms with Crippen LogP contribution < -0.4 is 16.4 Å². The van der Waals surface area contributed by atoms with Gasteiger partial charge < -0.3 is 20.8 Å². The Bertz CT molecular complexity index is 1770. The number of halogens is 1. The first-order valence-corrected chi connectivity index (χ1v) is 15.1. The maximum absolute atomic E-state index is 11.8. The van der Waals surface area contributed by atoms with Crippen LogP contribution in [0.3, 0.4) is 0 Å². The molecular formula is C35H34BClN6O+. The van der Waals surface area contributed by atoms with Crippen molar-refractivity contribution in [2.45, 2.75) is 19.4 Å². The lowest BCUT2D eigenvalue weighted by molar-refractivity contribution is -0.516. The molecular weight excluding hydrogens is 567 g/mol. The van der Waals surface area contributed by atoms with Crippen molar-refractivity contribution in [1.29, 1.82) is 0 Å². The number of nitrogens with two attached hydrogens (primary N) is 1. The summed E-state index contributed by atoms with van der Waals surface area (Å²) in [5.74, 6) is 1.65. The van der Waals surface area contributed by atoms with Crippen molar-refractivity contribution < 1.29 is 9.37 Å². The summed E-state index contributed by atoms with van der Waals surface area (Å²) >= 11 is 5.69. The van der Waals surface area contributed by atoms with Crippen LogP contribution in [0.5, 0.6) is 0 Å². The van der Waals surface area contributed by atoms with E-state index >= 15 is 0 Å². The third kappa shape index (κ3) is 6.36. The number of anilines is 2. The summed E-state index contributed by atoms with van der Waals surface area (Å²) in [6.07, 6.45) is 7.85. The average Bonchev–Trinajstić information content (AvgIpc) is 3.67. The zero-order valence-corrected chi connectivity index (χ0v) is 25.3. The Morgan fingerprint density at radius 2 is 1.64 bits per heavy atom. The molecule has 3 aromatic carbocycles. The Morgan fingerprint density at radius 3 is 2.34 bits per heavy atom. The van der Waals surface area contributed by atoms with E-state index in [0.717, 1.165) is 59.3 Å². The van der Waals surface area contributed by atoms with Gasteiger partial charge in [0.25, 0.3) is 5.84 Å². The molecule has 1 radical (unpaired) electrons. The number of amidine groups is 1. The Balaban J connectivity index is 1.32. The quantitative estimate of drug-likeness (QED) is 0.123. The minimum Gasteiger partial charge on any atom is -0.401 e. The molecule has 0 saturated carbocycles. The zero-order chi connectivity index (χ0) is 30.5. The molecule has 0 bridgehead atoms. The maximum atomic E-state index is 11.8. The number of fused-ring (bicyclic) bond motifs is 2. The van der Waals surface area contributed by atoms with E-state index in [1.807, 2.05) is 42.6 Å². The van der Waals surface area contributed by atoms with Crippen LogP contribution >= 0.6 is 11.6 Å². The molecule has 0 saturated heterocycles. The lowest BCUT2D eigenvalue weighted by Gasteiger charge is -2.26. The fourth-order valence-corrected chi connectivity index (χ4v) is 5.60. The van der Waals surface area contributed by atoms with Crippen LogP contribution in [0.25, 0.3) is 5.57 Å². The van der Waals surface area contributed by atoms with E-state index in [9.17, 15) is 4.79 Å². The fraction of sp³-hybridized carbons (Fsp3) is 0.143. The lowest BCUT2D eigenvalue weighted by Crippen LogP contribution is -2.41. The number of carbonyl (C=O) groups is 1. The molecule has 0 aliphatic carbocycles. The van der Waals surface area contributed by atoms with Crippen LogP contribution in [-0.2, 0) is 17.8 Å². The molecule has 0 fully saturated rings. The van der Waals surface area contributed by atoms with Crippen molar-refractivity contribution in [3.63, 3.8) is 0 Å². The molecule has 1 aromatic heterocycles. The number of rotatable bonds is 10. The predicted octanol–water partition coefficient (Wildman–Crippen LogP) is 5.78. The van der Waals surface area contributed by atoms with Crippen LogP contribution in [0.15, 0.2) is 127 Å². The highest BCUT2D eigenvalue weighted by atomic mass is 35.5. The third-order valence-corrected chi connectivity index (χ3v) is 7.98. The van der Waals surface area contributed by atoms with Crippen LogP contribution in [-0.4, -0.2) is 46.1 Å². The Labute approximate surface area is 263 Å². The van der Waals surface area contributed by atoms with Crippen LogP contribution in [0.2, 0.25) is 0 Å². The SMILES string of the molecule is C[N+](Cc1ccccc1)=C1C=CC2=C(c3ccc(NC(=O)CCl)cc3)c3ccc(NC=C(N)CCc4ccccc4)n3[B]N21. The number of carbonyl (C=O) groups excluding carboxylic acids is 1. The van der Waals surface area contributed by atoms with Crippen LogP contribution in [0.1, 0.15) is 28.8 Å². The minimum atomic E-state index is -0.236. The molecule has 9 heteroatoms. The number of alkyl halides is 1. The van der Waals surface area contributed by atoms with Crippen molar-refractivity contribution in [2.75, 3.05) is 23.6 Å². The normalized spacial score (nSPS) is 15.0. The second kappa shape index (κ2) is 13.1. The first kappa shape index (κ1) is 29.1. The summed E-state index contributed by atoms with van der Waals surface area (Å²) in [4.78, 5) is 14.1. The first-order valence-electron chi connectivity index (χ1n) is 14.6. The van der Waals surface area contributed by atoms with Gasteiger partial charge in [-0.15, -0.1) is 11.6 Å². The number of hydrogen-bond donors (Lipinski definition) is 3. The van der Waals surface area contributed by atoms with Crippen molar-refractivity contribution in [1.82, 2.24) is 9.29 Å². The van der Waals surface area contributed by atoms with E-state index in [2.05, 4.69) is 112 Å². The smallest absolute Gasteiger partial charge is 0.401 e. The highest BCUT2D eigenvalue weighted by Gasteiger charge is 2.39. The van der Waals surface area contributed by atoms with Gasteiger partial charge in [-0.3, -0.25) is 14.2 Å². The Hall–Kier alpha value is -4.95. The highest BCUT2D eigenvalue weighted by Crippen LogP contribution is 2.38. The second-order valence-electron chi connectivity index (χ2n) is 10.9. The number of nitrogens with one attached hydrogen (secondary N) is 2. The molecule has 0 unspecified atom stereocenters. The molecule has 4 N–H and O–H groups in total. The zero-order valence-electron chi connectivity index (χ0n) is 24.6. The molecule has 7 nitrogen and oxygen atoms in total. The van der Waals surface area contributed by atoms with Gasteiger partial charge in [-0.25, -0.2) is 0 Å². The first-order chi connectivity index (χ1) is 21.5. The molecule has 219 valence electrons. The molecule has 0 spiro atoms. The van der Waals surface area contributed by atoms with Crippen molar-refractivity contribution in [3.8, 4) is 0 Å². The number of allylic oxidation sites excluding steroid dienone is 2. The summed E-state index contributed by atoms with van der Waals surface area (Å²) in [7, 11) is 4.23. The number of hydrogen-bond acceptors (Lipinski definition) is 3. The van der Waals surface area contributed by atoms with Gasteiger partial charge in [-0.1, -0.05) is 72.8 Å². The van der Waals surface area contributed by atoms with Crippen molar-refractivity contribution in [2.24, 2.45) is 5.73 Å². The molecule has 6 rings (SSSR count). The Morgan fingerprint density at radius 1 is 0.932 bits per heavy atom. The van der Waals surface area contributed by atoms with Crippen LogP contribution in [0.4, 0.5) is 11.5 Å². The number of amides is 1. The van der Waals surface area contributed by atoms with Gasteiger partial charge in [-0.2, -0.15) is 0 Å². The highest BCUT2D eigenvalue weighted by molar-refractivity contribution is 6.41. The topological polar surface area (TPSA) is 78.3 Å². The van der Waals surface area contributed by atoms with E-state index in [1.54, 1.807) is 0 Å². The molecule has 4 aromatic rings. The van der Waals surface area contributed by atoms with Gasteiger partial charge in [-0.05, 0) is 59.9 Å².